The van der Waals surface area contributed by atoms with Crippen LogP contribution in [0.15, 0.2) is 52.9 Å². The SMILES string of the molecule is COCC(=O)NS1(=O)=NC(=O)c2ccc3c(c2)N(CC24C[C@@H]2[C@@H]4[C@@H](OC)/C=C/CCC1)C[C@@]1(CCCc2cc(Cl)ccc21)CO3. The molecule has 3 aliphatic carbocycles. The lowest BCUT2D eigenvalue weighted by Crippen LogP contribution is -2.47. The molecule has 2 spiro atoms. The van der Waals surface area contributed by atoms with E-state index in [0.717, 1.165) is 49.5 Å². The van der Waals surface area contributed by atoms with E-state index < -0.39 is 21.7 Å². The largest absolute Gasteiger partial charge is 0.490 e. The van der Waals surface area contributed by atoms with Crippen LogP contribution in [0, 0.1) is 17.3 Å². The summed E-state index contributed by atoms with van der Waals surface area (Å²) in [5.74, 6) is 0.559. The van der Waals surface area contributed by atoms with Crippen LogP contribution >= 0.6 is 11.6 Å². The number of allylic oxidation sites excluding steroid dienone is 1. The number of anilines is 1. The lowest BCUT2D eigenvalue weighted by atomic mass is 9.70. The van der Waals surface area contributed by atoms with Gasteiger partial charge in [0.25, 0.3) is 11.8 Å². The van der Waals surface area contributed by atoms with Crippen molar-refractivity contribution >= 4 is 39.0 Å². The maximum atomic E-state index is 13.9. The van der Waals surface area contributed by atoms with Crippen LogP contribution in [0.5, 0.6) is 5.75 Å². The van der Waals surface area contributed by atoms with E-state index >= 15 is 0 Å². The van der Waals surface area contributed by atoms with Gasteiger partial charge in [-0.1, -0.05) is 29.8 Å². The van der Waals surface area contributed by atoms with E-state index in [4.69, 9.17) is 25.8 Å². The number of methoxy groups -OCH3 is 2. The Morgan fingerprint density at radius 2 is 2.07 bits per heavy atom. The summed E-state index contributed by atoms with van der Waals surface area (Å²) in [4.78, 5) is 28.4. The minimum absolute atomic E-state index is 0.00535. The number of halogens is 1. The Hall–Kier alpha value is -2.92. The molecule has 0 radical (unpaired) electrons. The Morgan fingerprint density at radius 1 is 1.20 bits per heavy atom. The molecule has 2 aromatic carbocycles. The van der Waals surface area contributed by atoms with Crippen molar-refractivity contribution in [1.82, 2.24) is 4.72 Å². The molecule has 11 heteroatoms. The maximum Gasteiger partial charge on any atom is 0.286 e. The fraction of sp³-hybridized carbons (Fsp3) is 0.529. The van der Waals surface area contributed by atoms with Gasteiger partial charge in [-0.15, -0.1) is 4.36 Å². The van der Waals surface area contributed by atoms with E-state index in [1.807, 2.05) is 18.2 Å². The molecule has 2 fully saturated rings. The number of nitrogens with zero attached hydrogens (tertiary/aromatic N) is 2. The predicted octanol–water partition coefficient (Wildman–Crippen LogP) is 5.10. The summed E-state index contributed by atoms with van der Waals surface area (Å²) in [7, 11) is -0.239. The van der Waals surface area contributed by atoms with Crippen LogP contribution in [0.3, 0.4) is 0 Å². The van der Waals surface area contributed by atoms with Gasteiger partial charge in [0.15, 0.2) is 0 Å². The van der Waals surface area contributed by atoms with Gasteiger partial charge < -0.3 is 19.1 Å². The third-order valence-corrected chi connectivity index (χ3v) is 12.5. The summed E-state index contributed by atoms with van der Waals surface area (Å²) in [6, 6.07) is 11.6. The van der Waals surface area contributed by atoms with E-state index in [9.17, 15) is 13.8 Å². The molecular formula is C34H40ClN3O6S. The van der Waals surface area contributed by atoms with Gasteiger partial charge in [0.05, 0.1) is 24.2 Å². The smallest absolute Gasteiger partial charge is 0.286 e. The highest BCUT2D eigenvalue weighted by Gasteiger charge is 2.80. The second-order valence-electron chi connectivity index (χ2n) is 13.3. The van der Waals surface area contributed by atoms with Gasteiger partial charge in [-0.05, 0) is 97.2 Å². The topological polar surface area (TPSA) is 107 Å². The van der Waals surface area contributed by atoms with Gasteiger partial charge in [-0.3, -0.25) is 14.3 Å². The van der Waals surface area contributed by atoms with Gasteiger partial charge in [0.2, 0.25) is 0 Å². The van der Waals surface area contributed by atoms with Gasteiger partial charge in [0.1, 0.15) is 22.3 Å². The van der Waals surface area contributed by atoms with Gasteiger partial charge >= 0.3 is 0 Å². The highest BCUT2D eigenvalue weighted by atomic mass is 35.5. The minimum Gasteiger partial charge on any atom is -0.490 e. The van der Waals surface area contributed by atoms with Crippen LogP contribution in [-0.2, 0) is 36.0 Å². The zero-order chi connectivity index (χ0) is 31.4. The molecule has 7 rings (SSSR count). The highest BCUT2D eigenvalue weighted by Crippen LogP contribution is 2.81. The Morgan fingerprint density at radius 3 is 2.87 bits per heavy atom. The Labute approximate surface area is 269 Å². The van der Waals surface area contributed by atoms with Crippen molar-refractivity contribution in [1.29, 1.82) is 0 Å². The summed E-state index contributed by atoms with van der Waals surface area (Å²) in [6.07, 6.45) is 9.46. The van der Waals surface area contributed by atoms with Crippen LogP contribution in [0.1, 0.15) is 53.6 Å². The number of ether oxygens (including phenoxy) is 3. The molecule has 2 aromatic rings. The van der Waals surface area contributed by atoms with E-state index in [2.05, 4.69) is 38.3 Å². The molecule has 45 heavy (non-hydrogen) atoms. The van der Waals surface area contributed by atoms with E-state index in [0.29, 0.717) is 42.6 Å². The fourth-order valence-corrected chi connectivity index (χ4v) is 9.89. The number of carbonyl (C=O) groups is 2. The summed E-state index contributed by atoms with van der Waals surface area (Å²) in [6.45, 7) is 1.81. The number of hydrogen-bond donors (Lipinski definition) is 1. The Kier molecular flexibility index (Phi) is 7.99. The highest BCUT2D eigenvalue weighted by molar-refractivity contribution is 7.92. The second kappa shape index (κ2) is 11.7. The first-order valence-corrected chi connectivity index (χ1v) is 17.8. The summed E-state index contributed by atoms with van der Waals surface area (Å²) < 4.78 is 38.0. The molecule has 2 bridgehead atoms. The van der Waals surface area contributed by atoms with Crippen molar-refractivity contribution in [3.05, 3.63) is 70.3 Å². The van der Waals surface area contributed by atoms with Gasteiger partial charge in [-0.2, -0.15) is 0 Å². The molecule has 2 unspecified atom stereocenters. The number of amides is 2. The zero-order valence-corrected chi connectivity index (χ0v) is 27.3. The van der Waals surface area contributed by atoms with Crippen LogP contribution in [-0.4, -0.2) is 68.4 Å². The van der Waals surface area contributed by atoms with E-state index in [-0.39, 0.29) is 29.3 Å². The summed E-state index contributed by atoms with van der Waals surface area (Å²) >= 11 is 6.43. The molecule has 2 aliphatic heterocycles. The number of fused-ring (bicyclic) bond motifs is 4. The number of nitrogens with one attached hydrogen (secondary N) is 1. The third-order valence-electron chi connectivity index (χ3n) is 10.5. The average molecular weight is 654 g/mol. The van der Waals surface area contributed by atoms with E-state index in [1.54, 1.807) is 13.2 Å². The molecule has 9 nitrogen and oxygen atoms in total. The van der Waals surface area contributed by atoms with Crippen LogP contribution < -0.4 is 14.4 Å². The maximum absolute atomic E-state index is 13.9. The van der Waals surface area contributed by atoms with Crippen LogP contribution in [0.25, 0.3) is 0 Å². The van der Waals surface area contributed by atoms with Crippen molar-refractivity contribution in [3.63, 3.8) is 0 Å². The molecule has 240 valence electrons. The summed E-state index contributed by atoms with van der Waals surface area (Å²) in [5.41, 5.74) is 3.62. The monoisotopic (exact) mass is 653 g/mol. The number of benzene rings is 2. The molecular weight excluding hydrogens is 614 g/mol. The quantitative estimate of drug-likeness (QED) is 0.458. The second-order valence-corrected chi connectivity index (χ2v) is 15.8. The average Bonchev–Trinajstić information content (AvgIpc) is 3.89. The molecule has 0 saturated heterocycles. The molecule has 2 saturated carbocycles. The number of aryl methyl sites for hydroxylation is 1. The zero-order valence-electron chi connectivity index (χ0n) is 25.8. The van der Waals surface area contributed by atoms with Gasteiger partial charge in [0, 0.05) is 43.3 Å². The molecule has 2 heterocycles. The van der Waals surface area contributed by atoms with Crippen molar-refractivity contribution in [2.24, 2.45) is 21.6 Å². The Balaban J connectivity index is 1.31. The lowest BCUT2D eigenvalue weighted by Gasteiger charge is -2.41. The van der Waals surface area contributed by atoms with Crippen LogP contribution in [0.2, 0.25) is 5.02 Å². The molecule has 2 amide bonds. The number of carbonyl (C=O) groups excluding carboxylic acids is 2. The molecule has 0 aromatic heterocycles. The third kappa shape index (κ3) is 5.68. The van der Waals surface area contributed by atoms with Crippen molar-refractivity contribution < 1.29 is 28.0 Å². The standard InChI is InChI=1S/C34H40ClN3O6S/c1-42-18-30(39)36-45(41)14-5-3-4-8-29(43-2)31-26-17-34(26,31)20-38-19-33(13-6-7-22-15-24(35)10-11-25(22)33)21-44-28-12-9-23(16-27(28)38)32(40)37-45/h4,8-12,15-16,26,29,31H,3,5-7,13-14,17-21H2,1-2H3,(H,36,37,39,40,41)/b8-4+/t26-,29+,31-,33+,34?,45?/m1/s1. The first kappa shape index (κ1) is 30.7. The van der Waals surface area contributed by atoms with Crippen molar-refractivity contribution in [3.8, 4) is 5.75 Å². The lowest BCUT2D eigenvalue weighted by molar-refractivity contribution is -0.122. The van der Waals surface area contributed by atoms with Crippen molar-refractivity contribution in [2.45, 2.75) is 50.0 Å². The molecule has 5 aliphatic rings. The number of rotatable bonds is 4. The molecule has 6 atom stereocenters. The molecule has 1 N–H and O–H groups in total. The first-order chi connectivity index (χ1) is 21.7. The normalized spacial score (nSPS) is 34.2. The van der Waals surface area contributed by atoms with Gasteiger partial charge in [-0.25, -0.2) is 4.21 Å². The van der Waals surface area contributed by atoms with Crippen molar-refractivity contribution in [2.75, 3.05) is 51.2 Å². The first-order valence-electron chi connectivity index (χ1n) is 15.8. The van der Waals surface area contributed by atoms with E-state index in [1.165, 1.54) is 18.2 Å². The predicted molar refractivity (Wildman–Crippen MR) is 173 cm³/mol. The minimum atomic E-state index is -3.39. The summed E-state index contributed by atoms with van der Waals surface area (Å²) in [5, 5.41) is 0.745. The Bertz CT molecular complexity index is 1690. The van der Waals surface area contributed by atoms with Crippen LogP contribution in [0.4, 0.5) is 5.69 Å². The number of hydrogen-bond acceptors (Lipinski definition) is 7. The fourth-order valence-electron chi connectivity index (χ4n) is 8.11.